The molecule has 45 heavy (non-hydrogen) atoms. The Bertz CT molecular complexity index is 1370. The number of aliphatic hydroxyl groups is 3. The molecular formula is C30H36O15. The maximum Gasteiger partial charge on any atom is 0.331 e. The summed E-state index contributed by atoms with van der Waals surface area (Å²) in [7, 11) is 2.69. The van der Waals surface area contributed by atoms with E-state index in [4.69, 9.17) is 37.9 Å². The molecule has 5 rings (SSSR count). The zero-order chi connectivity index (χ0) is 32.4. The second kappa shape index (κ2) is 13.9. The molecule has 6 N–H and O–H groups in total. The highest BCUT2D eigenvalue weighted by Gasteiger charge is 2.55. The number of carbonyl (C=O) groups excluding carboxylic acids is 1. The molecule has 246 valence electrons. The van der Waals surface area contributed by atoms with E-state index in [1.165, 1.54) is 57.6 Å². The zero-order valence-electron chi connectivity index (χ0n) is 24.5. The van der Waals surface area contributed by atoms with Crippen LogP contribution in [0.25, 0.3) is 6.08 Å². The molecule has 0 aliphatic carbocycles. The molecule has 3 heterocycles. The van der Waals surface area contributed by atoms with Crippen LogP contribution in [0.3, 0.4) is 0 Å². The normalized spacial score (nSPS) is 35.1. The number of carbonyl (C=O) groups is 1. The fourth-order valence-electron chi connectivity index (χ4n) is 5.27. The third-order valence-electron chi connectivity index (χ3n) is 7.76. The molecule has 0 amide bonds. The maximum atomic E-state index is 13.1. The molecule has 3 fully saturated rings. The lowest BCUT2D eigenvalue weighted by molar-refractivity contribution is -0.405. The van der Waals surface area contributed by atoms with E-state index in [0.717, 1.165) is 6.08 Å². The first-order valence-corrected chi connectivity index (χ1v) is 14.1. The summed E-state index contributed by atoms with van der Waals surface area (Å²) in [6.45, 7) is 1.44. The number of hydrogen-bond acceptors (Lipinski definition) is 15. The molecule has 15 nitrogen and oxygen atoms in total. The van der Waals surface area contributed by atoms with Crippen molar-refractivity contribution in [3.63, 3.8) is 0 Å². The molecule has 0 bridgehead atoms. The van der Waals surface area contributed by atoms with Crippen LogP contribution in [0, 0.1) is 0 Å². The predicted molar refractivity (Wildman–Crippen MR) is 150 cm³/mol. The molecule has 0 radical (unpaired) electrons. The number of aromatic hydroxyl groups is 3. The average molecular weight is 637 g/mol. The number of esters is 1. The molecule has 0 spiro atoms. The van der Waals surface area contributed by atoms with Crippen LogP contribution in [0.1, 0.15) is 24.2 Å². The number of phenolic OH excluding ortho intramolecular Hbond substituents is 3. The predicted octanol–water partition coefficient (Wildman–Crippen LogP) is 0.435. The van der Waals surface area contributed by atoms with Crippen molar-refractivity contribution in [3.05, 3.63) is 53.6 Å². The van der Waals surface area contributed by atoms with Crippen molar-refractivity contribution >= 4 is 12.0 Å². The molecule has 2 aromatic carbocycles. The molecule has 15 heteroatoms. The SMILES string of the molecule is COc1cc(C=CC(=O)OC2C(OC)OC3OCC(c4ccc(O)c(O)c4)OC3C2OC2OC(C)C(O)C(O)C2O)ccc1O. The van der Waals surface area contributed by atoms with Gasteiger partial charge in [-0.3, -0.25) is 0 Å². The van der Waals surface area contributed by atoms with Gasteiger partial charge in [0.25, 0.3) is 0 Å². The van der Waals surface area contributed by atoms with Crippen LogP contribution in [-0.4, -0.2) is 119 Å². The smallest absolute Gasteiger partial charge is 0.331 e. The van der Waals surface area contributed by atoms with Crippen LogP contribution in [0.15, 0.2) is 42.5 Å². The summed E-state index contributed by atoms with van der Waals surface area (Å²) in [5.41, 5.74) is 0.959. The summed E-state index contributed by atoms with van der Waals surface area (Å²) in [4.78, 5) is 13.1. The van der Waals surface area contributed by atoms with Gasteiger partial charge < -0.3 is 68.5 Å². The third-order valence-corrected chi connectivity index (χ3v) is 7.76. The van der Waals surface area contributed by atoms with Gasteiger partial charge in [-0.1, -0.05) is 12.1 Å². The van der Waals surface area contributed by atoms with Gasteiger partial charge in [-0.05, 0) is 48.4 Å². The fraction of sp³-hybridized carbons (Fsp3) is 0.500. The van der Waals surface area contributed by atoms with Crippen LogP contribution < -0.4 is 4.74 Å². The topological polar surface area (TPSA) is 212 Å². The molecule has 11 atom stereocenters. The molecular weight excluding hydrogens is 600 g/mol. The number of fused-ring (bicyclic) bond motifs is 1. The lowest BCUT2D eigenvalue weighted by Gasteiger charge is -2.49. The number of ether oxygens (including phenoxy) is 8. The highest BCUT2D eigenvalue weighted by Crippen LogP contribution is 2.39. The third kappa shape index (κ3) is 7.01. The Morgan fingerprint density at radius 2 is 1.62 bits per heavy atom. The van der Waals surface area contributed by atoms with Crippen molar-refractivity contribution in [3.8, 4) is 23.0 Å². The number of phenols is 3. The Kier molecular flexibility index (Phi) is 10.1. The second-order valence-corrected chi connectivity index (χ2v) is 10.7. The van der Waals surface area contributed by atoms with E-state index in [2.05, 4.69) is 0 Å². The maximum absolute atomic E-state index is 13.1. The molecule has 11 unspecified atom stereocenters. The Labute approximate surface area is 257 Å². The van der Waals surface area contributed by atoms with Crippen LogP contribution in [0.2, 0.25) is 0 Å². The number of rotatable bonds is 8. The lowest BCUT2D eigenvalue weighted by atomic mass is 9.98. The molecule has 2 aromatic rings. The standard InChI is InChI=1S/C30H36O15/c1-13-22(35)23(36)24(37)28(41-13)44-25-26(43-21(34)9-5-14-4-7-17(32)19(10-14)38-2)29(39-3)45-30-27(25)42-20(12-40-30)15-6-8-16(31)18(33)11-15/h4-11,13,20,22-33,35-37H,12H2,1-3H3. The first-order chi connectivity index (χ1) is 21.5. The number of benzene rings is 2. The summed E-state index contributed by atoms with van der Waals surface area (Å²) in [6.07, 6.45) is -11.6. The van der Waals surface area contributed by atoms with Gasteiger partial charge in [0.2, 0.25) is 0 Å². The van der Waals surface area contributed by atoms with E-state index >= 15 is 0 Å². The largest absolute Gasteiger partial charge is 0.504 e. The first-order valence-electron chi connectivity index (χ1n) is 14.1. The summed E-state index contributed by atoms with van der Waals surface area (Å²) in [6, 6.07) is 8.57. The summed E-state index contributed by atoms with van der Waals surface area (Å²) >= 11 is 0. The van der Waals surface area contributed by atoms with Crippen LogP contribution >= 0.6 is 0 Å². The first kappa shape index (κ1) is 32.9. The molecule has 3 aliphatic rings. The van der Waals surface area contributed by atoms with Crippen molar-refractivity contribution in [1.82, 2.24) is 0 Å². The van der Waals surface area contributed by atoms with Crippen molar-refractivity contribution in [2.24, 2.45) is 0 Å². The van der Waals surface area contributed by atoms with Crippen molar-refractivity contribution in [1.29, 1.82) is 0 Å². The molecule has 0 saturated carbocycles. The van der Waals surface area contributed by atoms with Gasteiger partial charge in [-0.25, -0.2) is 4.79 Å². The van der Waals surface area contributed by atoms with Crippen LogP contribution in [0.5, 0.6) is 23.0 Å². The number of hydrogen-bond donors (Lipinski definition) is 6. The molecule has 3 aliphatic heterocycles. The Balaban J connectivity index is 1.43. The fourth-order valence-corrected chi connectivity index (χ4v) is 5.27. The molecule has 0 aromatic heterocycles. The minimum absolute atomic E-state index is 0.0394. The van der Waals surface area contributed by atoms with Gasteiger partial charge in [-0.15, -0.1) is 0 Å². The molecule has 3 saturated heterocycles. The van der Waals surface area contributed by atoms with Gasteiger partial charge in [0.05, 0.1) is 19.8 Å². The minimum Gasteiger partial charge on any atom is -0.504 e. The quantitative estimate of drug-likeness (QED) is 0.132. The highest BCUT2D eigenvalue weighted by molar-refractivity contribution is 5.87. The Morgan fingerprint density at radius 3 is 2.33 bits per heavy atom. The monoisotopic (exact) mass is 636 g/mol. The average Bonchev–Trinajstić information content (AvgIpc) is 3.03. The van der Waals surface area contributed by atoms with E-state index in [1.807, 2.05) is 0 Å². The summed E-state index contributed by atoms with van der Waals surface area (Å²) in [5.74, 6) is -1.44. The number of aliphatic hydroxyl groups excluding tert-OH is 3. The van der Waals surface area contributed by atoms with Crippen LogP contribution in [0.4, 0.5) is 0 Å². The van der Waals surface area contributed by atoms with Gasteiger partial charge in [0.15, 0.2) is 48.0 Å². The van der Waals surface area contributed by atoms with E-state index in [-0.39, 0.29) is 29.6 Å². The second-order valence-electron chi connectivity index (χ2n) is 10.7. The van der Waals surface area contributed by atoms with Gasteiger partial charge in [0, 0.05) is 13.2 Å². The zero-order valence-corrected chi connectivity index (χ0v) is 24.5. The van der Waals surface area contributed by atoms with Gasteiger partial charge in [-0.2, -0.15) is 0 Å². The number of methoxy groups -OCH3 is 2. The Morgan fingerprint density at radius 1 is 0.867 bits per heavy atom. The van der Waals surface area contributed by atoms with Crippen molar-refractivity contribution < 1.29 is 73.3 Å². The Hall–Kier alpha value is -3.51. The van der Waals surface area contributed by atoms with Crippen molar-refractivity contribution in [2.75, 3.05) is 20.8 Å². The minimum atomic E-state index is -1.70. The lowest BCUT2D eigenvalue weighted by Crippen LogP contribution is -2.66. The van der Waals surface area contributed by atoms with E-state index in [0.29, 0.717) is 11.1 Å². The van der Waals surface area contributed by atoms with Gasteiger partial charge >= 0.3 is 5.97 Å². The van der Waals surface area contributed by atoms with E-state index < -0.39 is 73.7 Å². The van der Waals surface area contributed by atoms with Gasteiger partial charge in [0.1, 0.15) is 36.6 Å². The summed E-state index contributed by atoms with van der Waals surface area (Å²) in [5, 5.41) is 60.9. The van der Waals surface area contributed by atoms with Crippen LogP contribution in [-0.2, 0) is 38.0 Å². The van der Waals surface area contributed by atoms with E-state index in [1.54, 1.807) is 6.07 Å². The van der Waals surface area contributed by atoms with E-state index in [9.17, 15) is 35.4 Å². The highest BCUT2D eigenvalue weighted by atomic mass is 16.8. The summed E-state index contributed by atoms with van der Waals surface area (Å²) < 4.78 is 46.2. The van der Waals surface area contributed by atoms with Crippen molar-refractivity contribution in [2.45, 2.75) is 74.6 Å².